The molecule has 0 spiro atoms. The van der Waals surface area contributed by atoms with E-state index in [-0.39, 0.29) is 35.9 Å². The Hall–Kier alpha value is -2.15. The highest BCUT2D eigenvalue weighted by Crippen LogP contribution is 2.24. The fourth-order valence-electron chi connectivity index (χ4n) is 3.14. The normalized spacial score (nSPS) is 20.5. The Balaban J connectivity index is 2.25. The van der Waals surface area contributed by atoms with Gasteiger partial charge < -0.3 is 20.9 Å². The van der Waals surface area contributed by atoms with Crippen LogP contribution in [0.5, 0.6) is 0 Å². The second-order valence-electron chi connectivity index (χ2n) is 7.08. The Morgan fingerprint density at radius 3 is 2.65 bits per heavy atom. The molecule has 0 aliphatic carbocycles. The molecule has 1 aromatic rings. The second kappa shape index (κ2) is 8.49. The molecule has 3 atom stereocenters. The van der Waals surface area contributed by atoms with Crippen LogP contribution in [0.25, 0.3) is 0 Å². The van der Waals surface area contributed by atoms with Crippen molar-refractivity contribution in [3.8, 4) is 0 Å². The van der Waals surface area contributed by atoms with Crippen LogP contribution in [0.3, 0.4) is 0 Å². The summed E-state index contributed by atoms with van der Waals surface area (Å²) in [7, 11) is 2.03. The number of anilines is 1. The standard InChI is InChI=1S/C19H29FN4O2/c1-5-17(25)22-18(13(3)14-6-7-16(21)15(20)10-14)19(26)24-9-8-23(4)12(2)11-24/h6-7,10,12-13,18H,5,8-9,11,21H2,1-4H3,(H,22,25)/t12-,13-,18+/m0/s1. The number of halogens is 1. The summed E-state index contributed by atoms with van der Waals surface area (Å²) in [4.78, 5) is 29.1. The molecule has 1 aliphatic heterocycles. The predicted octanol–water partition coefficient (Wildman–Crippen LogP) is 1.57. The number of carbonyl (C=O) groups is 2. The topological polar surface area (TPSA) is 78.7 Å². The monoisotopic (exact) mass is 364 g/mol. The van der Waals surface area contributed by atoms with E-state index < -0.39 is 11.9 Å². The zero-order chi connectivity index (χ0) is 19.4. The van der Waals surface area contributed by atoms with Crippen molar-refractivity contribution in [2.45, 2.75) is 45.2 Å². The molecule has 0 aromatic heterocycles. The van der Waals surface area contributed by atoms with Gasteiger partial charge in [-0.15, -0.1) is 0 Å². The molecule has 0 unspecified atom stereocenters. The number of nitrogens with one attached hydrogen (secondary N) is 1. The molecule has 0 saturated carbocycles. The van der Waals surface area contributed by atoms with E-state index in [0.29, 0.717) is 18.7 Å². The van der Waals surface area contributed by atoms with Gasteiger partial charge in [0, 0.05) is 38.0 Å². The summed E-state index contributed by atoms with van der Waals surface area (Å²) in [6.07, 6.45) is 0.283. The molecule has 1 aliphatic rings. The van der Waals surface area contributed by atoms with Crippen LogP contribution in [-0.2, 0) is 9.59 Å². The Morgan fingerprint density at radius 2 is 2.08 bits per heavy atom. The summed E-state index contributed by atoms with van der Waals surface area (Å²) in [5.41, 5.74) is 6.24. The molecule has 1 saturated heterocycles. The van der Waals surface area contributed by atoms with E-state index in [1.807, 2.05) is 14.0 Å². The van der Waals surface area contributed by atoms with Gasteiger partial charge in [-0.05, 0) is 31.7 Å². The maximum atomic E-state index is 13.9. The molecule has 2 amide bonds. The zero-order valence-electron chi connectivity index (χ0n) is 16.0. The quantitative estimate of drug-likeness (QED) is 0.778. The van der Waals surface area contributed by atoms with Crippen LogP contribution < -0.4 is 11.1 Å². The maximum Gasteiger partial charge on any atom is 0.245 e. The van der Waals surface area contributed by atoms with Crippen LogP contribution in [0, 0.1) is 5.82 Å². The zero-order valence-corrected chi connectivity index (χ0v) is 16.0. The summed E-state index contributed by atoms with van der Waals surface area (Å²) in [6, 6.07) is 4.04. The first kappa shape index (κ1) is 20.2. The Kier molecular flexibility index (Phi) is 6.58. The van der Waals surface area contributed by atoms with Gasteiger partial charge in [0.25, 0.3) is 0 Å². The van der Waals surface area contributed by atoms with Gasteiger partial charge in [0.15, 0.2) is 0 Å². The van der Waals surface area contributed by atoms with Crippen LogP contribution in [0.15, 0.2) is 18.2 Å². The van der Waals surface area contributed by atoms with Gasteiger partial charge in [-0.1, -0.05) is 19.9 Å². The summed E-state index contributed by atoms with van der Waals surface area (Å²) in [6.45, 7) is 7.63. The number of nitrogens with two attached hydrogens (primary N) is 1. The minimum atomic E-state index is -0.735. The molecule has 1 fully saturated rings. The number of piperazine rings is 1. The van der Waals surface area contributed by atoms with Gasteiger partial charge in [0.05, 0.1) is 5.69 Å². The number of hydrogen-bond donors (Lipinski definition) is 2. The van der Waals surface area contributed by atoms with E-state index >= 15 is 0 Å². The average Bonchev–Trinajstić information content (AvgIpc) is 2.62. The molecule has 0 bridgehead atoms. The van der Waals surface area contributed by atoms with Gasteiger partial charge in [0.1, 0.15) is 11.9 Å². The van der Waals surface area contributed by atoms with E-state index in [4.69, 9.17) is 5.73 Å². The molecule has 1 aromatic carbocycles. The lowest BCUT2D eigenvalue weighted by atomic mass is 9.91. The fourth-order valence-corrected chi connectivity index (χ4v) is 3.14. The van der Waals surface area contributed by atoms with Crippen molar-refractivity contribution in [1.29, 1.82) is 0 Å². The maximum absolute atomic E-state index is 13.9. The molecule has 3 N–H and O–H groups in total. The van der Waals surface area contributed by atoms with Crippen molar-refractivity contribution in [3.63, 3.8) is 0 Å². The third-order valence-corrected chi connectivity index (χ3v) is 5.23. The molecule has 7 heteroatoms. The highest BCUT2D eigenvalue weighted by molar-refractivity contribution is 5.88. The second-order valence-corrected chi connectivity index (χ2v) is 7.08. The van der Waals surface area contributed by atoms with Crippen molar-refractivity contribution >= 4 is 17.5 Å². The molecular formula is C19H29FN4O2. The van der Waals surface area contributed by atoms with Crippen LogP contribution >= 0.6 is 0 Å². The van der Waals surface area contributed by atoms with Crippen molar-refractivity contribution < 1.29 is 14.0 Å². The number of carbonyl (C=O) groups excluding carboxylic acids is 2. The van der Waals surface area contributed by atoms with Gasteiger partial charge in [-0.3, -0.25) is 9.59 Å². The smallest absolute Gasteiger partial charge is 0.245 e. The summed E-state index contributed by atoms with van der Waals surface area (Å²) < 4.78 is 13.9. The Labute approximate surface area is 154 Å². The third kappa shape index (κ3) is 4.52. The number of amides is 2. The average molecular weight is 364 g/mol. The molecule has 144 valence electrons. The van der Waals surface area contributed by atoms with Gasteiger partial charge in [0.2, 0.25) is 11.8 Å². The van der Waals surface area contributed by atoms with Crippen LogP contribution in [0.1, 0.15) is 38.7 Å². The summed E-state index contributed by atoms with van der Waals surface area (Å²) in [5.74, 6) is -1.22. The first-order chi connectivity index (χ1) is 12.2. The van der Waals surface area contributed by atoms with E-state index in [1.54, 1.807) is 17.9 Å². The van der Waals surface area contributed by atoms with Crippen LogP contribution in [-0.4, -0.2) is 60.4 Å². The molecular weight excluding hydrogens is 335 g/mol. The number of likely N-dealkylation sites (N-methyl/N-ethyl adjacent to an activating group) is 1. The van der Waals surface area contributed by atoms with Gasteiger partial charge in [-0.2, -0.15) is 0 Å². The summed E-state index contributed by atoms with van der Waals surface area (Å²) in [5, 5.41) is 2.82. The van der Waals surface area contributed by atoms with E-state index in [9.17, 15) is 14.0 Å². The van der Waals surface area contributed by atoms with Gasteiger partial charge >= 0.3 is 0 Å². The lowest BCUT2D eigenvalue weighted by Crippen LogP contribution is -2.58. The third-order valence-electron chi connectivity index (χ3n) is 5.23. The lowest BCUT2D eigenvalue weighted by Gasteiger charge is -2.40. The van der Waals surface area contributed by atoms with E-state index in [1.165, 1.54) is 12.1 Å². The van der Waals surface area contributed by atoms with Crippen LogP contribution in [0.2, 0.25) is 0 Å². The van der Waals surface area contributed by atoms with E-state index in [0.717, 1.165) is 6.54 Å². The van der Waals surface area contributed by atoms with E-state index in [2.05, 4.69) is 17.1 Å². The fraction of sp³-hybridized carbons (Fsp3) is 0.579. The SMILES string of the molecule is CCC(=O)N[C@@H](C(=O)N1CCN(C)[C@@H](C)C1)[C@@H](C)c1ccc(N)c(F)c1. The largest absolute Gasteiger partial charge is 0.396 e. The number of nitrogens with zero attached hydrogens (tertiary/aromatic N) is 2. The van der Waals surface area contributed by atoms with Gasteiger partial charge in [-0.25, -0.2) is 4.39 Å². The highest BCUT2D eigenvalue weighted by atomic mass is 19.1. The summed E-state index contributed by atoms with van der Waals surface area (Å²) >= 11 is 0. The van der Waals surface area contributed by atoms with Crippen molar-refractivity contribution in [1.82, 2.24) is 15.1 Å². The minimum Gasteiger partial charge on any atom is -0.396 e. The van der Waals surface area contributed by atoms with Crippen molar-refractivity contribution in [2.24, 2.45) is 0 Å². The number of hydrogen-bond acceptors (Lipinski definition) is 4. The molecule has 26 heavy (non-hydrogen) atoms. The first-order valence-electron chi connectivity index (χ1n) is 9.07. The Morgan fingerprint density at radius 1 is 1.38 bits per heavy atom. The van der Waals surface area contributed by atoms with Crippen molar-refractivity contribution in [2.75, 3.05) is 32.4 Å². The first-order valence-corrected chi connectivity index (χ1v) is 9.07. The number of nitrogen functional groups attached to an aromatic ring is 1. The predicted molar refractivity (Wildman–Crippen MR) is 100 cm³/mol. The number of benzene rings is 1. The Bertz CT molecular complexity index is 667. The van der Waals surface area contributed by atoms with Crippen molar-refractivity contribution in [3.05, 3.63) is 29.6 Å². The van der Waals surface area contributed by atoms with Crippen LogP contribution in [0.4, 0.5) is 10.1 Å². The molecule has 2 rings (SSSR count). The minimum absolute atomic E-state index is 0.0642. The number of rotatable bonds is 5. The highest BCUT2D eigenvalue weighted by Gasteiger charge is 2.34. The molecule has 1 heterocycles. The molecule has 6 nitrogen and oxygen atoms in total. The molecule has 0 radical (unpaired) electrons. The lowest BCUT2D eigenvalue weighted by molar-refractivity contribution is -0.139.